The smallest absolute Gasteiger partial charge is 0.127 e. The van der Waals surface area contributed by atoms with E-state index in [4.69, 9.17) is 9.47 Å². The summed E-state index contributed by atoms with van der Waals surface area (Å²) in [6.45, 7) is 6.19. The maximum absolute atomic E-state index is 5.85. The van der Waals surface area contributed by atoms with Crippen molar-refractivity contribution in [1.82, 2.24) is 5.32 Å². The molecule has 0 aliphatic carbocycles. The molecule has 1 N–H and O–H groups in total. The molecule has 1 aliphatic rings. The second-order valence-electron chi connectivity index (χ2n) is 5.56. The van der Waals surface area contributed by atoms with E-state index in [1.807, 2.05) is 0 Å². The van der Waals surface area contributed by atoms with Crippen LogP contribution in [0.5, 0.6) is 5.75 Å². The van der Waals surface area contributed by atoms with Crippen molar-refractivity contribution in [2.24, 2.45) is 0 Å². The molecule has 2 unspecified atom stereocenters. The van der Waals surface area contributed by atoms with Crippen LogP contribution in [0.1, 0.15) is 50.3 Å². The zero-order valence-corrected chi connectivity index (χ0v) is 12.9. The van der Waals surface area contributed by atoms with E-state index in [-0.39, 0.29) is 0 Å². The summed E-state index contributed by atoms with van der Waals surface area (Å²) >= 11 is 0. The zero-order chi connectivity index (χ0) is 14.4. The third kappa shape index (κ3) is 3.74. The highest BCUT2D eigenvalue weighted by atomic mass is 16.5. The van der Waals surface area contributed by atoms with Crippen LogP contribution < -0.4 is 10.1 Å². The van der Waals surface area contributed by atoms with Gasteiger partial charge in [-0.25, -0.2) is 0 Å². The van der Waals surface area contributed by atoms with Crippen molar-refractivity contribution in [3.8, 4) is 5.75 Å². The highest BCUT2D eigenvalue weighted by Crippen LogP contribution is 2.35. The van der Waals surface area contributed by atoms with Crippen molar-refractivity contribution < 1.29 is 9.47 Å². The Morgan fingerprint density at radius 3 is 2.95 bits per heavy atom. The van der Waals surface area contributed by atoms with Crippen LogP contribution in [0.25, 0.3) is 0 Å². The fourth-order valence-electron chi connectivity index (χ4n) is 2.72. The number of rotatable bonds is 8. The molecule has 1 heterocycles. The lowest BCUT2D eigenvalue weighted by atomic mass is 9.97. The quantitative estimate of drug-likeness (QED) is 0.789. The Morgan fingerprint density at radius 2 is 2.20 bits per heavy atom. The first-order valence-corrected chi connectivity index (χ1v) is 7.77. The Kier molecular flexibility index (Phi) is 5.86. The first-order chi connectivity index (χ1) is 9.76. The Balaban J connectivity index is 2.11. The Morgan fingerprint density at radius 1 is 1.35 bits per heavy atom. The van der Waals surface area contributed by atoms with Crippen LogP contribution in [0.3, 0.4) is 0 Å². The number of methoxy groups -OCH3 is 1. The van der Waals surface area contributed by atoms with Gasteiger partial charge in [-0.05, 0) is 38.3 Å². The molecule has 3 nitrogen and oxygen atoms in total. The summed E-state index contributed by atoms with van der Waals surface area (Å²) in [7, 11) is 1.78. The minimum absolute atomic E-state index is 0.304. The molecule has 0 fully saturated rings. The number of para-hydroxylation sites is 1. The molecule has 0 spiro atoms. The Hall–Kier alpha value is -1.06. The minimum atomic E-state index is 0.304. The van der Waals surface area contributed by atoms with Crippen molar-refractivity contribution >= 4 is 0 Å². The number of hydrogen-bond acceptors (Lipinski definition) is 3. The van der Waals surface area contributed by atoms with Gasteiger partial charge in [0, 0.05) is 25.1 Å². The molecule has 3 heteroatoms. The molecule has 0 amide bonds. The molecule has 1 aromatic rings. The second kappa shape index (κ2) is 7.65. The van der Waals surface area contributed by atoms with Gasteiger partial charge in [-0.1, -0.05) is 25.1 Å². The lowest BCUT2D eigenvalue weighted by Crippen LogP contribution is -2.24. The van der Waals surface area contributed by atoms with Gasteiger partial charge >= 0.3 is 0 Å². The Labute approximate surface area is 122 Å². The molecule has 1 aliphatic heterocycles. The summed E-state index contributed by atoms with van der Waals surface area (Å²) in [4.78, 5) is 0. The van der Waals surface area contributed by atoms with Crippen LogP contribution in [0.2, 0.25) is 0 Å². The standard InChI is InChI=1S/C17H27NO2/c1-4-11-18-16(9-8-13(2)19-3)15-7-5-6-14-10-12-20-17(14)15/h5-7,13,16,18H,4,8-12H2,1-3H3. The van der Waals surface area contributed by atoms with E-state index in [0.717, 1.165) is 44.6 Å². The maximum Gasteiger partial charge on any atom is 0.127 e. The molecular formula is C17H27NO2. The van der Waals surface area contributed by atoms with Gasteiger partial charge in [-0.15, -0.1) is 0 Å². The zero-order valence-electron chi connectivity index (χ0n) is 12.9. The van der Waals surface area contributed by atoms with Crippen LogP contribution in [0.15, 0.2) is 18.2 Å². The van der Waals surface area contributed by atoms with E-state index in [0.29, 0.717) is 12.1 Å². The summed E-state index contributed by atoms with van der Waals surface area (Å²) in [5.74, 6) is 1.12. The molecule has 0 aromatic heterocycles. The molecule has 2 atom stereocenters. The lowest BCUT2D eigenvalue weighted by molar-refractivity contribution is 0.106. The van der Waals surface area contributed by atoms with E-state index in [1.54, 1.807) is 7.11 Å². The average molecular weight is 277 g/mol. The van der Waals surface area contributed by atoms with Crippen LogP contribution in [0, 0.1) is 0 Å². The molecule has 0 saturated carbocycles. The van der Waals surface area contributed by atoms with Gasteiger partial charge in [0.05, 0.1) is 12.7 Å². The second-order valence-corrected chi connectivity index (χ2v) is 5.56. The molecular weight excluding hydrogens is 250 g/mol. The van der Waals surface area contributed by atoms with E-state index >= 15 is 0 Å². The summed E-state index contributed by atoms with van der Waals surface area (Å²) < 4.78 is 11.2. The fraction of sp³-hybridized carbons (Fsp3) is 0.647. The van der Waals surface area contributed by atoms with Crippen molar-refractivity contribution in [1.29, 1.82) is 0 Å². The van der Waals surface area contributed by atoms with E-state index in [2.05, 4.69) is 37.4 Å². The first-order valence-electron chi connectivity index (χ1n) is 7.77. The normalized spacial score (nSPS) is 16.6. The van der Waals surface area contributed by atoms with E-state index in [9.17, 15) is 0 Å². The highest BCUT2D eigenvalue weighted by Gasteiger charge is 2.22. The molecule has 1 aromatic carbocycles. The van der Waals surface area contributed by atoms with Gasteiger partial charge in [-0.2, -0.15) is 0 Å². The molecule has 20 heavy (non-hydrogen) atoms. The number of hydrogen-bond donors (Lipinski definition) is 1. The van der Waals surface area contributed by atoms with Gasteiger partial charge in [0.1, 0.15) is 5.75 Å². The van der Waals surface area contributed by atoms with E-state index in [1.165, 1.54) is 11.1 Å². The van der Waals surface area contributed by atoms with Crippen LogP contribution in [0.4, 0.5) is 0 Å². The average Bonchev–Trinajstić information content (AvgIpc) is 2.95. The summed E-state index contributed by atoms with van der Waals surface area (Å²) in [6.07, 6.45) is 4.62. The molecule has 0 bridgehead atoms. The van der Waals surface area contributed by atoms with Crippen molar-refractivity contribution in [2.75, 3.05) is 20.3 Å². The van der Waals surface area contributed by atoms with Gasteiger partial charge in [0.25, 0.3) is 0 Å². The van der Waals surface area contributed by atoms with Crippen LogP contribution in [-0.4, -0.2) is 26.4 Å². The molecule has 0 radical (unpaired) electrons. The molecule has 0 saturated heterocycles. The highest BCUT2D eigenvalue weighted by molar-refractivity contribution is 5.45. The predicted molar refractivity (Wildman–Crippen MR) is 82.4 cm³/mol. The Bertz CT molecular complexity index is 419. The molecule has 2 rings (SSSR count). The monoisotopic (exact) mass is 277 g/mol. The SMILES string of the molecule is CCCNC(CCC(C)OC)c1cccc2c1OCC2. The van der Waals surface area contributed by atoms with Gasteiger partial charge < -0.3 is 14.8 Å². The van der Waals surface area contributed by atoms with Crippen molar-refractivity contribution in [2.45, 2.75) is 51.7 Å². The topological polar surface area (TPSA) is 30.5 Å². The third-order valence-electron chi connectivity index (χ3n) is 4.03. The van der Waals surface area contributed by atoms with Gasteiger partial charge in [0.15, 0.2) is 0 Å². The third-order valence-corrected chi connectivity index (χ3v) is 4.03. The number of ether oxygens (including phenoxy) is 2. The predicted octanol–water partition coefficient (Wildman–Crippen LogP) is 3.48. The van der Waals surface area contributed by atoms with Gasteiger partial charge in [0.2, 0.25) is 0 Å². The minimum Gasteiger partial charge on any atom is -0.493 e. The molecule has 112 valence electrons. The van der Waals surface area contributed by atoms with Crippen molar-refractivity contribution in [3.05, 3.63) is 29.3 Å². The first kappa shape index (κ1) is 15.3. The maximum atomic E-state index is 5.85. The van der Waals surface area contributed by atoms with Crippen LogP contribution >= 0.6 is 0 Å². The fourth-order valence-corrected chi connectivity index (χ4v) is 2.72. The van der Waals surface area contributed by atoms with Gasteiger partial charge in [-0.3, -0.25) is 0 Å². The number of fused-ring (bicyclic) bond motifs is 1. The van der Waals surface area contributed by atoms with Crippen molar-refractivity contribution in [3.63, 3.8) is 0 Å². The number of nitrogens with one attached hydrogen (secondary N) is 1. The van der Waals surface area contributed by atoms with Crippen LogP contribution in [-0.2, 0) is 11.2 Å². The lowest BCUT2D eigenvalue weighted by Gasteiger charge is -2.22. The largest absolute Gasteiger partial charge is 0.493 e. The number of benzene rings is 1. The summed E-state index contributed by atoms with van der Waals surface area (Å²) in [5, 5.41) is 3.66. The van der Waals surface area contributed by atoms with E-state index < -0.39 is 0 Å². The summed E-state index contributed by atoms with van der Waals surface area (Å²) in [5.41, 5.74) is 2.67. The summed E-state index contributed by atoms with van der Waals surface area (Å²) in [6, 6.07) is 6.90.